The molecule has 0 bridgehead atoms. The van der Waals surface area contributed by atoms with Crippen molar-refractivity contribution in [3.8, 4) is 5.75 Å². The third-order valence-electron chi connectivity index (χ3n) is 3.05. The number of aryl methyl sites for hydroxylation is 1. The minimum atomic E-state index is 0.737. The number of hydrogen-bond donors (Lipinski definition) is 1. The average Bonchev–Trinajstić information content (AvgIpc) is 2.36. The molecule has 2 heteroatoms. The van der Waals surface area contributed by atoms with Crippen molar-refractivity contribution < 1.29 is 4.74 Å². The molecule has 0 saturated heterocycles. The maximum Gasteiger partial charge on any atom is 0.119 e. The molecule has 1 rings (SSSR count). The molecule has 0 amide bonds. The highest BCUT2D eigenvalue weighted by atomic mass is 16.5. The van der Waals surface area contributed by atoms with E-state index in [1.54, 1.807) is 0 Å². The maximum atomic E-state index is 5.43. The second kappa shape index (κ2) is 8.13. The molecule has 0 radical (unpaired) electrons. The molecule has 1 N–H and O–H groups in total. The van der Waals surface area contributed by atoms with Crippen LogP contribution < -0.4 is 10.1 Å². The van der Waals surface area contributed by atoms with E-state index in [1.165, 1.54) is 18.4 Å². The Balaban J connectivity index is 2.31. The number of rotatable bonds is 8. The van der Waals surface area contributed by atoms with Gasteiger partial charge >= 0.3 is 0 Å². The van der Waals surface area contributed by atoms with Gasteiger partial charge in [0.15, 0.2) is 0 Å². The highest BCUT2D eigenvalue weighted by molar-refractivity contribution is 5.27. The number of benzene rings is 1. The van der Waals surface area contributed by atoms with E-state index in [4.69, 9.17) is 4.74 Å². The van der Waals surface area contributed by atoms with Gasteiger partial charge < -0.3 is 10.1 Å². The lowest BCUT2D eigenvalue weighted by Crippen LogP contribution is -2.11. The van der Waals surface area contributed by atoms with Crippen molar-refractivity contribution in [2.45, 2.75) is 33.1 Å². The Bertz CT molecular complexity index is 294. The summed E-state index contributed by atoms with van der Waals surface area (Å²) in [6.07, 6.45) is 3.68. The number of nitrogens with one attached hydrogen (secondary N) is 1. The summed E-state index contributed by atoms with van der Waals surface area (Å²) in [7, 11) is 2.01. The predicted octanol–water partition coefficient (Wildman–Crippen LogP) is 3.26. The Morgan fingerprint density at radius 1 is 1.18 bits per heavy atom. The van der Waals surface area contributed by atoms with Gasteiger partial charge in [0.2, 0.25) is 0 Å². The molecule has 1 aromatic rings. The Kier molecular flexibility index (Phi) is 6.71. The summed E-state index contributed by atoms with van der Waals surface area (Å²) in [6, 6.07) is 8.49. The first-order chi connectivity index (χ1) is 8.26. The summed E-state index contributed by atoms with van der Waals surface area (Å²) in [5.74, 6) is 1.76. The first-order valence-corrected chi connectivity index (χ1v) is 6.62. The van der Waals surface area contributed by atoms with Gasteiger partial charge in [0.1, 0.15) is 5.75 Å². The molecule has 1 aromatic carbocycles. The van der Waals surface area contributed by atoms with Crippen molar-refractivity contribution in [1.29, 1.82) is 0 Å². The molecule has 0 spiro atoms. The Morgan fingerprint density at radius 3 is 2.47 bits per heavy atom. The van der Waals surface area contributed by atoms with Crippen LogP contribution in [0.3, 0.4) is 0 Å². The summed E-state index contributed by atoms with van der Waals surface area (Å²) < 4.78 is 5.43. The highest BCUT2D eigenvalue weighted by Gasteiger charge is 2.02. The quantitative estimate of drug-likeness (QED) is 0.746. The molecule has 0 saturated carbocycles. The lowest BCUT2D eigenvalue weighted by Gasteiger charge is -2.11. The smallest absolute Gasteiger partial charge is 0.119 e. The van der Waals surface area contributed by atoms with Crippen molar-refractivity contribution in [2.24, 2.45) is 5.92 Å². The van der Waals surface area contributed by atoms with Crippen LogP contribution in [0.25, 0.3) is 0 Å². The van der Waals surface area contributed by atoms with Crippen LogP contribution in [-0.2, 0) is 6.42 Å². The zero-order valence-corrected chi connectivity index (χ0v) is 11.3. The van der Waals surface area contributed by atoms with Gasteiger partial charge in [-0.3, -0.25) is 0 Å². The fourth-order valence-electron chi connectivity index (χ4n) is 1.87. The van der Waals surface area contributed by atoms with Gasteiger partial charge in [0, 0.05) is 0 Å². The fourth-order valence-corrected chi connectivity index (χ4v) is 1.87. The average molecular weight is 235 g/mol. The molecule has 0 heterocycles. The van der Waals surface area contributed by atoms with E-state index in [2.05, 4.69) is 36.5 Å². The van der Waals surface area contributed by atoms with Crippen LogP contribution in [0.15, 0.2) is 24.3 Å². The molecule has 0 aliphatic rings. The van der Waals surface area contributed by atoms with Gasteiger partial charge in [-0.1, -0.05) is 19.1 Å². The topological polar surface area (TPSA) is 21.3 Å². The second-order valence-electron chi connectivity index (χ2n) is 4.61. The SMILES string of the molecule is CCOc1ccc(CCC(C)CCNC)cc1. The van der Waals surface area contributed by atoms with Gasteiger partial charge in [-0.05, 0) is 63.4 Å². The minimum Gasteiger partial charge on any atom is -0.494 e. The third kappa shape index (κ3) is 5.73. The number of hydrogen-bond acceptors (Lipinski definition) is 2. The van der Waals surface area contributed by atoms with Gasteiger partial charge in [0.25, 0.3) is 0 Å². The standard InChI is InChI=1S/C15H25NO/c1-4-17-15-9-7-14(8-10-15)6-5-13(2)11-12-16-3/h7-10,13,16H,4-6,11-12H2,1-3H3. The first kappa shape index (κ1) is 14.0. The van der Waals surface area contributed by atoms with Crippen molar-refractivity contribution >= 4 is 0 Å². The molecule has 0 aliphatic carbocycles. The lowest BCUT2D eigenvalue weighted by molar-refractivity contribution is 0.340. The summed E-state index contributed by atoms with van der Waals surface area (Å²) in [6.45, 7) is 6.19. The van der Waals surface area contributed by atoms with E-state index >= 15 is 0 Å². The molecular formula is C15H25NO. The van der Waals surface area contributed by atoms with E-state index in [-0.39, 0.29) is 0 Å². The van der Waals surface area contributed by atoms with Crippen LogP contribution in [0.2, 0.25) is 0 Å². The molecule has 1 unspecified atom stereocenters. The normalized spacial score (nSPS) is 12.4. The van der Waals surface area contributed by atoms with Crippen molar-refractivity contribution in [2.75, 3.05) is 20.2 Å². The zero-order valence-electron chi connectivity index (χ0n) is 11.3. The van der Waals surface area contributed by atoms with Crippen molar-refractivity contribution in [3.05, 3.63) is 29.8 Å². The molecule has 0 aliphatic heterocycles. The predicted molar refractivity (Wildman–Crippen MR) is 73.6 cm³/mol. The maximum absolute atomic E-state index is 5.43. The monoisotopic (exact) mass is 235 g/mol. The van der Waals surface area contributed by atoms with Crippen LogP contribution in [-0.4, -0.2) is 20.2 Å². The summed E-state index contributed by atoms with van der Waals surface area (Å²) in [5, 5.41) is 3.20. The molecule has 0 aromatic heterocycles. The molecule has 2 nitrogen and oxygen atoms in total. The summed E-state index contributed by atoms with van der Waals surface area (Å²) in [4.78, 5) is 0. The molecule has 17 heavy (non-hydrogen) atoms. The van der Waals surface area contributed by atoms with Crippen LogP contribution >= 0.6 is 0 Å². The van der Waals surface area contributed by atoms with E-state index in [0.717, 1.165) is 31.2 Å². The lowest BCUT2D eigenvalue weighted by atomic mass is 9.98. The van der Waals surface area contributed by atoms with E-state index in [0.29, 0.717) is 0 Å². The Labute approximate surface area is 105 Å². The van der Waals surface area contributed by atoms with Crippen LogP contribution in [0.1, 0.15) is 32.3 Å². The van der Waals surface area contributed by atoms with Gasteiger partial charge in [-0.25, -0.2) is 0 Å². The van der Waals surface area contributed by atoms with Crippen molar-refractivity contribution in [3.63, 3.8) is 0 Å². The second-order valence-corrected chi connectivity index (χ2v) is 4.61. The van der Waals surface area contributed by atoms with Crippen molar-refractivity contribution in [1.82, 2.24) is 5.32 Å². The number of ether oxygens (including phenoxy) is 1. The van der Waals surface area contributed by atoms with Crippen LogP contribution in [0, 0.1) is 5.92 Å². The van der Waals surface area contributed by atoms with Gasteiger partial charge in [-0.2, -0.15) is 0 Å². The zero-order chi connectivity index (χ0) is 12.5. The Hall–Kier alpha value is -1.02. The summed E-state index contributed by atoms with van der Waals surface area (Å²) >= 11 is 0. The van der Waals surface area contributed by atoms with E-state index in [9.17, 15) is 0 Å². The van der Waals surface area contributed by atoms with E-state index in [1.807, 2.05) is 14.0 Å². The fraction of sp³-hybridized carbons (Fsp3) is 0.600. The largest absolute Gasteiger partial charge is 0.494 e. The molecule has 0 fully saturated rings. The van der Waals surface area contributed by atoms with Gasteiger partial charge in [0.05, 0.1) is 6.61 Å². The minimum absolute atomic E-state index is 0.737. The molecule has 96 valence electrons. The third-order valence-corrected chi connectivity index (χ3v) is 3.05. The van der Waals surface area contributed by atoms with Crippen LogP contribution in [0.5, 0.6) is 5.75 Å². The van der Waals surface area contributed by atoms with E-state index < -0.39 is 0 Å². The summed E-state index contributed by atoms with van der Waals surface area (Å²) in [5.41, 5.74) is 1.41. The highest BCUT2D eigenvalue weighted by Crippen LogP contribution is 2.16. The molecular weight excluding hydrogens is 210 g/mol. The van der Waals surface area contributed by atoms with Crippen LogP contribution in [0.4, 0.5) is 0 Å². The first-order valence-electron chi connectivity index (χ1n) is 6.62. The molecule has 1 atom stereocenters. The Morgan fingerprint density at radius 2 is 1.88 bits per heavy atom. The van der Waals surface area contributed by atoms with Gasteiger partial charge in [-0.15, -0.1) is 0 Å².